The summed E-state index contributed by atoms with van der Waals surface area (Å²) < 4.78 is 23.0. The first kappa shape index (κ1) is 29.7. The summed E-state index contributed by atoms with van der Waals surface area (Å²) in [5, 5.41) is 20.2. The zero-order valence-corrected chi connectivity index (χ0v) is 23.0. The molecule has 8 nitrogen and oxygen atoms in total. The van der Waals surface area contributed by atoms with Crippen molar-refractivity contribution in [2.24, 2.45) is 29.1 Å². The van der Waals surface area contributed by atoms with Gasteiger partial charge in [0.1, 0.15) is 0 Å². The number of hydrogen-bond acceptors (Lipinski definition) is 4. The van der Waals surface area contributed by atoms with Crippen LogP contribution in [0.25, 0.3) is 0 Å². The van der Waals surface area contributed by atoms with Crippen LogP contribution in [0.5, 0.6) is 0 Å². The Balaban J connectivity index is 1.76. The van der Waals surface area contributed by atoms with E-state index >= 15 is 0 Å². The lowest BCUT2D eigenvalue weighted by molar-refractivity contribution is 0.0862. The monoisotopic (exact) mass is 544 g/mol. The van der Waals surface area contributed by atoms with Crippen molar-refractivity contribution in [3.05, 3.63) is 47.6 Å². The Labute approximate surface area is 214 Å². The van der Waals surface area contributed by atoms with Crippen molar-refractivity contribution in [2.45, 2.75) is 71.0 Å². The lowest BCUT2D eigenvalue weighted by atomic mass is 9.61. The van der Waals surface area contributed by atoms with Crippen LogP contribution < -0.4 is 0 Å². The number of rotatable bonds is 8. The molecule has 36 heavy (non-hydrogen) atoms. The second-order valence-corrected chi connectivity index (χ2v) is 14.8. The number of aliphatic hydroxyl groups excluding tert-OH is 2. The normalized spacial score (nSPS) is 35.2. The van der Waals surface area contributed by atoms with E-state index in [0.29, 0.717) is 30.3 Å². The molecule has 3 rings (SSSR count). The van der Waals surface area contributed by atoms with Gasteiger partial charge in [-0.25, -0.2) is 0 Å². The van der Waals surface area contributed by atoms with Crippen LogP contribution >= 0.6 is 15.2 Å². The van der Waals surface area contributed by atoms with Gasteiger partial charge in [-0.05, 0) is 78.8 Å². The van der Waals surface area contributed by atoms with Gasteiger partial charge in [0.2, 0.25) is 0 Å². The standard InChI is InChI=1S/C26H42O8P2/c1-17(6-7-19(15-35(29,30)31)16-36(32,33)34)23-10-11-24-20(5-4-12-26(23,24)3)8-9-21-13-22(27)14-25(28)18(21)2/h6-9,17,19,22-25,27-28H,2,4-5,10-16H2,1,3H3,(H2,29,30,31)(H2,32,33,34)/t17-,22-,23-,24?,25+,26-/m1/s1. The van der Waals surface area contributed by atoms with Crippen molar-refractivity contribution in [1.82, 2.24) is 0 Å². The first-order valence-electron chi connectivity index (χ1n) is 12.8. The van der Waals surface area contributed by atoms with Gasteiger partial charge in [-0.3, -0.25) is 9.13 Å². The van der Waals surface area contributed by atoms with Gasteiger partial charge in [-0.2, -0.15) is 0 Å². The maximum atomic E-state index is 11.5. The van der Waals surface area contributed by atoms with Gasteiger partial charge in [-0.1, -0.05) is 50.3 Å². The third-order valence-corrected chi connectivity index (χ3v) is 10.5. The van der Waals surface area contributed by atoms with E-state index in [0.717, 1.165) is 37.7 Å². The molecule has 0 aromatic heterocycles. The van der Waals surface area contributed by atoms with E-state index in [4.69, 9.17) is 0 Å². The molecule has 0 bridgehead atoms. The van der Waals surface area contributed by atoms with Crippen molar-refractivity contribution < 1.29 is 38.9 Å². The zero-order valence-electron chi connectivity index (χ0n) is 21.2. The summed E-state index contributed by atoms with van der Waals surface area (Å²) >= 11 is 0. The molecule has 204 valence electrons. The number of aliphatic hydroxyl groups is 2. The number of fused-ring (bicyclic) bond motifs is 1. The molecule has 0 aromatic carbocycles. The number of hydrogen-bond donors (Lipinski definition) is 6. The minimum atomic E-state index is -4.42. The Bertz CT molecular complexity index is 981. The third kappa shape index (κ3) is 7.61. The van der Waals surface area contributed by atoms with Gasteiger partial charge in [0.15, 0.2) is 0 Å². The molecule has 6 atom stereocenters. The summed E-state index contributed by atoms with van der Waals surface area (Å²) in [6, 6.07) is 0. The molecule has 3 aliphatic carbocycles. The fourth-order valence-electron chi connectivity index (χ4n) is 6.87. The van der Waals surface area contributed by atoms with E-state index in [1.54, 1.807) is 6.08 Å². The van der Waals surface area contributed by atoms with Crippen molar-refractivity contribution in [1.29, 1.82) is 0 Å². The summed E-state index contributed by atoms with van der Waals surface area (Å²) in [5.41, 5.74) is 3.00. The second kappa shape index (κ2) is 11.5. The van der Waals surface area contributed by atoms with Crippen LogP contribution in [0.4, 0.5) is 0 Å². The highest BCUT2D eigenvalue weighted by atomic mass is 31.2. The summed E-state index contributed by atoms with van der Waals surface area (Å²) in [5.74, 6) is -0.0511. The first-order valence-corrected chi connectivity index (χ1v) is 16.4. The van der Waals surface area contributed by atoms with E-state index in [1.807, 2.05) is 12.2 Å². The Morgan fingerprint density at radius 2 is 1.69 bits per heavy atom. The minimum absolute atomic E-state index is 0.0525. The van der Waals surface area contributed by atoms with Crippen LogP contribution in [0.2, 0.25) is 0 Å². The van der Waals surface area contributed by atoms with Gasteiger partial charge in [0.05, 0.1) is 24.5 Å². The van der Waals surface area contributed by atoms with Crippen molar-refractivity contribution in [3.63, 3.8) is 0 Å². The summed E-state index contributed by atoms with van der Waals surface area (Å²) in [6.45, 7) is 8.40. The Morgan fingerprint density at radius 1 is 1.06 bits per heavy atom. The van der Waals surface area contributed by atoms with Gasteiger partial charge in [-0.15, -0.1) is 0 Å². The predicted molar refractivity (Wildman–Crippen MR) is 140 cm³/mol. The van der Waals surface area contributed by atoms with Gasteiger partial charge in [0, 0.05) is 6.42 Å². The third-order valence-electron chi connectivity index (χ3n) is 8.57. The van der Waals surface area contributed by atoms with Crippen LogP contribution in [-0.2, 0) is 9.13 Å². The second-order valence-electron chi connectivity index (χ2n) is 11.4. The molecule has 0 amide bonds. The summed E-state index contributed by atoms with van der Waals surface area (Å²) in [4.78, 5) is 37.4. The molecule has 3 fully saturated rings. The molecule has 3 saturated carbocycles. The molecule has 0 aromatic rings. The summed E-state index contributed by atoms with van der Waals surface area (Å²) in [6.07, 6.45) is 11.2. The smallest absolute Gasteiger partial charge is 0.326 e. The highest BCUT2D eigenvalue weighted by Crippen LogP contribution is 2.59. The highest BCUT2D eigenvalue weighted by Gasteiger charge is 2.50. The zero-order chi connectivity index (χ0) is 26.9. The highest BCUT2D eigenvalue weighted by molar-refractivity contribution is 7.52. The van der Waals surface area contributed by atoms with Crippen LogP contribution in [-0.4, -0.2) is 54.3 Å². The van der Waals surface area contributed by atoms with Crippen LogP contribution in [0.15, 0.2) is 47.6 Å². The van der Waals surface area contributed by atoms with Gasteiger partial charge >= 0.3 is 15.2 Å². The average molecular weight is 545 g/mol. The van der Waals surface area contributed by atoms with Crippen molar-refractivity contribution in [2.75, 3.05) is 12.3 Å². The van der Waals surface area contributed by atoms with Crippen molar-refractivity contribution in [3.8, 4) is 0 Å². The molecular formula is C26H42O8P2. The van der Waals surface area contributed by atoms with E-state index in [1.165, 1.54) is 5.57 Å². The molecule has 0 radical (unpaired) electrons. The Hall–Kier alpha value is -0.820. The van der Waals surface area contributed by atoms with E-state index in [9.17, 15) is 38.9 Å². The van der Waals surface area contributed by atoms with Crippen LogP contribution in [0.1, 0.15) is 58.8 Å². The topological polar surface area (TPSA) is 156 Å². The molecule has 6 N–H and O–H groups in total. The van der Waals surface area contributed by atoms with Crippen LogP contribution in [0, 0.1) is 29.1 Å². The Kier molecular flexibility index (Phi) is 9.51. The molecule has 1 unspecified atom stereocenters. The average Bonchev–Trinajstić information content (AvgIpc) is 3.08. The van der Waals surface area contributed by atoms with Gasteiger partial charge in [0.25, 0.3) is 0 Å². The van der Waals surface area contributed by atoms with E-state index in [2.05, 4.69) is 26.5 Å². The van der Waals surface area contributed by atoms with Gasteiger partial charge < -0.3 is 29.8 Å². The molecule has 0 spiro atoms. The maximum absolute atomic E-state index is 11.5. The van der Waals surface area contributed by atoms with E-state index in [-0.39, 0.29) is 11.3 Å². The fraction of sp³-hybridized carbons (Fsp3) is 0.692. The molecular weight excluding hydrogens is 502 g/mol. The SMILES string of the molecule is C=C1C(=CC=C2CCC[C@@]3(C)C2CC[C@@H]3[C@H](C)C=CC(CP(=O)(O)O)CP(=O)(O)O)C[C@@H](O)C[C@@H]1O. The molecule has 0 aliphatic heterocycles. The molecule has 0 heterocycles. The largest absolute Gasteiger partial charge is 0.393 e. The Morgan fingerprint density at radius 3 is 2.31 bits per heavy atom. The number of allylic oxidation sites excluding steroid dienone is 5. The first-order chi connectivity index (χ1) is 16.6. The fourth-order valence-corrected chi connectivity index (χ4v) is 8.79. The maximum Gasteiger partial charge on any atom is 0.326 e. The predicted octanol–water partition coefficient (Wildman–Crippen LogP) is 4.29. The molecule has 10 heteroatoms. The lowest BCUT2D eigenvalue weighted by Crippen LogP contribution is -2.35. The molecule has 0 saturated heterocycles. The van der Waals surface area contributed by atoms with Crippen LogP contribution in [0.3, 0.4) is 0 Å². The quantitative estimate of drug-likeness (QED) is 0.195. The van der Waals surface area contributed by atoms with E-state index < -0.39 is 45.6 Å². The minimum Gasteiger partial charge on any atom is -0.393 e. The summed E-state index contributed by atoms with van der Waals surface area (Å²) in [7, 11) is -8.83. The lowest BCUT2D eigenvalue weighted by Gasteiger charge is -2.44. The van der Waals surface area contributed by atoms with Crippen molar-refractivity contribution >= 4 is 15.2 Å². The molecule has 3 aliphatic rings.